The summed E-state index contributed by atoms with van der Waals surface area (Å²) in [6.45, 7) is 6.85. The van der Waals surface area contributed by atoms with Crippen molar-refractivity contribution in [2.24, 2.45) is 0 Å². The minimum absolute atomic E-state index is 0.0613. The summed E-state index contributed by atoms with van der Waals surface area (Å²) < 4.78 is 0. The molecule has 0 aliphatic heterocycles. The molecule has 2 aliphatic carbocycles. The lowest BCUT2D eigenvalue weighted by Gasteiger charge is -2.31. The molecular formula is C53H39N. The summed E-state index contributed by atoms with van der Waals surface area (Å²) in [7, 11) is 0. The van der Waals surface area contributed by atoms with Crippen molar-refractivity contribution in [3.63, 3.8) is 0 Å². The smallest absolute Gasteiger partial charge is 0.0725 e. The number of hydrogen-bond acceptors (Lipinski definition) is 1. The molecule has 9 aromatic carbocycles. The second-order valence-corrected chi connectivity index (χ2v) is 16.1. The average Bonchev–Trinajstić information content (AvgIpc) is 3.68. The second kappa shape index (κ2) is 11.3. The molecule has 1 nitrogen and oxygen atoms in total. The van der Waals surface area contributed by atoms with Gasteiger partial charge < -0.3 is 4.90 Å². The van der Waals surface area contributed by atoms with Gasteiger partial charge in [0, 0.05) is 17.1 Å². The summed E-state index contributed by atoms with van der Waals surface area (Å²) in [6.07, 6.45) is 0. The third-order valence-corrected chi connectivity index (χ3v) is 12.2. The zero-order valence-corrected chi connectivity index (χ0v) is 30.8. The average molecular weight is 690 g/mol. The maximum Gasteiger partial charge on any atom is 0.0725 e. The lowest BCUT2D eigenvalue weighted by molar-refractivity contribution is 0.590. The molecule has 0 aromatic heterocycles. The second-order valence-electron chi connectivity index (χ2n) is 16.1. The minimum atomic E-state index is -0.361. The van der Waals surface area contributed by atoms with Gasteiger partial charge in [-0.25, -0.2) is 0 Å². The van der Waals surface area contributed by atoms with Crippen LogP contribution in [0.5, 0.6) is 0 Å². The van der Waals surface area contributed by atoms with Gasteiger partial charge in [-0.1, -0.05) is 166 Å². The van der Waals surface area contributed by atoms with E-state index in [0.29, 0.717) is 0 Å². The van der Waals surface area contributed by atoms with E-state index in [4.69, 9.17) is 0 Å². The summed E-state index contributed by atoms with van der Waals surface area (Å²) >= 11 is 0. The Kier molecular flexibility index (Phi) is 6.50. The van der Waals surface area contributed by atoms with Crippen LogP contribution in [0, 0.1) is 0 Å². The molecule has 0 amide bonds. The summed E-state index contributed by atoms with van der Waals surface area (Å²) in [6, 6.07) is 68.3. The van der Waals surface area contributed by atoms with Gasteiger partial charge in [-0.15, -0.1) is 0 Å². The van der Waals surface area contributed by atoms with Crippen LogP contribution in [0.25, 0.3) is 54.6 Å². The van der Waals surface area contributed by atoms with E-state index in [2.05, 4.69) is 208 Å². The maximum atomic E-state index is 2.46. The summed E-state index contributed by atoms with van der Waals surface area (Å²) in [4.78, 5) is 2.46. The number of rotatable bonds is 3. The Morgan fingerprint density at radius 1 is 0.333 bits per heavy atom. The van der Waals surface area contributed by atoms with Gasteiger partial charge in [-0.3, -0.25) is 0 Å². The van der Waals surface area contributed by atoms with Crippen LogP contribution < -0.4 is 4.90 Å². The maximum absolute atomic E-state index is 2.46. The van der Waals surface area contributed by atoms with Gasteiger partial charge in [0.1, 0.15) is 0 Å². The molecule has 0 fully saturated rings. The Morgan fingerprint density at radius 2 is 0.722 bits per heavy atom. The van der Waals surface area contributed by atoms with E-state index in [1.807, 2.05) is 0 Å². The van der Waals surface area contributed by atoms with Gasteiger partial charge in [0.25, 0.3) is 0 Å². The molecule has 0 N–H and O–H groups in total. The molecule has 0 saturated heterocycles. The highest BCUT2D eigenvalue weighted by atomic mass is 15.1. The fourth-order valence-electron chi connectivity index (χ4n) is 9.82. The molecule has 54 heavy (non-hydrogen) atoms. The van der Waals surface area contributed by atoms with Crippen LogP contribution in [-0.4, -0.2) is 0 Å². The third kappa shape index (κ3) is 4.21. The van der Waals surface area contributed by atoms with Crippen molar-refractivity contribution in [3.05, 3.63) is 210 Å². The number of hydrogen-bond donors (Lipinski definition) is 0. The first-order valence-corrected chi connectivity index (χ1v) is 19.1. The zero-order valence-electron chi connectivity index (χ0n) is 30.8. The van der Waals surface area contributed by atoms with Crippen LogP contribution in [0.2, 0.25) is 0 Å². The van der Waals surface area contributed by atoms with Crippen LogP contribution >= 0.6 is 0 Å². The van der Waals surface area contributed by atoms with E-state index in [0.717, 1.165) is 17.1 Å². The quantitative estimate of drug-likeness (QED) is 0.167. The van der Waals surface area contributed by atoms with Crippen molar-refractivity contribution in [3.8, 4) is 22.3 Å². The molecule has 1 spiro atoms. The monoisotopic (exact) mass is 689 g/mol. The predicted octanol–water partition coefficient (Wildman–Crippen LogP) is 14.3. The molecule has 256 valence electrons. The lowest BCUT2D eigenvalue weighted by Crippen LogP contribution is -2.25. The van der Waals surface area contributed by atoms with Gasteiger partial charge in [0.15, 0.2) is 0 Å². The molecule has 1 heteroatoms. The highest BCUT2D eigenvalue weighted by Gasteiger charge is 2.51. The van der Waals surface area contributed by atoms with Gasteiger partial charge in [0.05, 0.1) is 5.41 Å². The van der Waals surface area contributed by atoms with E-state index >= 15 is 0 Å². The molecule has 0 radical (unpaired) electrons. The Balaban J connectivity index is 1.17. The standard InChI is InChI=1S/C53H39N/c1-52(2,3)34-24-26-35(27-25-34)54(36-28-30-42-40-16-5-4-14-38(40)39-15-6-7-17-41(39)46(42)32-36)37-29-31-51-47(33-37)45-20-10-13-23-50(45)53(51)48-21-11-8-18-43(48)44-19-9-12-22-49(44)53/h4-33H,1-3H3. The molecule has 2 aliphatic rings. The molecule has 0 bridgehead atoms. The van der Waals surface area contributed by atoms with Gasteiger partial charge >= 0.3 is 0 Å². The first kappa shape index (κ1) is 31.1. The predicted molar refractivity (Wildman–Crippen MR) is 229 cm³/mol. The van der Waals surface area contributed by atoms with E-state index in [9.17, 15) is 0 Å². The molecule has 9 aromatic rings. The topological polar surface area (TPSA) is 3.24 Å². The number of fused-ring (bicyclic) bond motifs is 16. The third-order valence-electron chi connectivity index (χ3n) is 12.2. The van der Waals surface area contributed by atoms with Crippen molar-refractivity contribution in [1.29, 1.82) is 0 Å². The van der Waals surface area contributed by atoms with Crippen molar-refractivity contribution < 1.29 is 0 Å². The van der Waals surface area contributed by atoms with E-state index in [1.54, 1.807) is 0 Å². The van der Waals surface area contributed by atoms with Crippen molar-refractivity contribution in [2.75, 3.05) is 4.90 Å². The SMILES string of the molecule is CC(C)(C)c1ccc(N(c2ccc3c(c2)-c2ccccc2C32c3ccccc3-c3ccccc32)c2ccc3c4ccccc4c4ccccc4c3c2)cc1. The Morgan fingerprint density at radius 3 is 1.26 bits per heavy atom. The minimum Gasteiger partial charge on any atom is -0.310 e. The largest absolute Gasteiger partial charge is 0.310 e. The van der Waals surface area contributed by atoms with Crippen molar-refractivity contribution >= 4 is 49.4 Å². The van der Waals surface area contributed by atoms with Crippen molar-refractivity contribution in [1.82, 2.24) is 0 Å². The Bertz CT molecular complexity index is 2900. The van der Waals surface area contributed by atoms with Crippen LogP contribution in [0.15, 0.2) is 182 Å². The van der Waals surface area contributed by atoms with Crippen LogP contribution in [-0.2, 0) is 10.8 Å². The molecule has 0 atom stereocenters. The van der Waals surface area contributed by atoms with Gasteiger partial charge in [-0.2, -0.15) is 0 Å². The first-order valence-electron chi connectivity index (χ1n) is 19.1. The molecular weight excluding hydrogens is 651 g/mol. The lowest BCUT2D eigenvalue weighted by atomic mass is 9.70. The molecule has 11 rings (SSSR count). The van der Waals surface area contributed by atoms with Crippen molar-refractivity contribution in [2.45, 2.75) is 31.6 Å². The molecule has 0 saturated carbocycles. The normalized spacial score (nSPS) is 13.6. The molecule has 0 heterocycles. The summed E-state index contributed by atoms with van der Waals surface area (Å²) in [5, 5.41) is 7.69. The number of benzene rings is 9. The van der Waals surface area contributed by atoms with E-state index < -0.39 is 0 Å². The first-order chi connectivity index (χ1) is 26.4. The highest BCUT2D eigenvalue weighted by molar-refractivity contribution is 6.25. The summed E-state index contributed by atoms with van der Waals surface area (Å²) in [5.41, 5.74) is 15.2. The summed E-state index contributed by atoms with van der Waals surface area (Å²) in [5.74, 6) is 0. The Hall–Kier alpha value is -6.44. The fraction of sp³-hybridized carbons (Fsp3) is 0.0943. The number of anilines is 3. The van der Waals surface area contributed by atoms with E-state index in [1.165, 1.54) is 82.4 Å². The van der Waals surface area contributed by atoms with E-state index in [-0.39, 0.29) is 10.8 Å². The van der Waals surface area contributed by atoms with Crippen LogP contribution in [0.1, 0.15) is 48.6 Å². The molecule has 0 unspecified atom stereocenters. The fourth-order valence-corrected chi connectivity index (χ4v) is 9.82. The zero-order chi connectivity index (χ0) is 36.2. The highest BCUT2D eigenvalue weighted by Crippen LogP contribution is 2.63. The Labute approximate surface area is 316 Å². The number of nitrogens with zero attached hydrogens (tertiary/aromatic N) is 1. The van der Waals surface area contributed by atoms with Gasteiger partial charge in [-0.05, 0) is 124 Å². The van der Waals surface area contributed by atoms with Gasteiger partial charge in [0.2, 0.25) is 0 Å². The van der Waals surface area contributed by atoms with Crippen LogP contribution in [0.3, 0.4) is 0 Å². The van der Waals surface area contributed by atoms with Crippen LogP contribution in [0.4, 0.5) is 17.1 Å².